The van der Waals surface area contributed by atoms with Crippen molar-refractivity contribution in [3.8, 4) is 5.75 Å². The highest BCUT2D eigenvalue weighted by molar-refractivity contribution is 5.60. The quantitative estimate of drug-likeness (QED) is 0.739. The molecule has 0 heterocycles. The van der Waals surface area contributed by atoms with Crippen LogP contribution in [0.1, 0.15) is 76.3 Å². The molecular formula is C18H29O. The lowest BCUT2D eigenvalue weighted by Gasteiger charge is -2.33. The smallest absolute Gasteiger partial charge is 0.121 e. The summed E-state index contributed by atoms with van der Waals surface area (Å²) in [6.07, 6.45) is 2.20. The number of aromatic hydroxyl groups is 1. The van der Waals surface area contributed by atoms with Gasteiger partial charge < -0.3 is 5.11 Å². The molecule has 107 valence electrons. The Kier molecular flexibility index (Phi) is 4.10. The van der Waals surface area contributed by atoms with Crippen LogP contribution in [-0.2, 0) is 10.8 Å². The molecule has 0 bridgehead atoms. The zero-order valence-corrected chi connectivity index (χ0v) is 14.0. The van der Waals surface area contributed by atoms with Gasteiger partial charge in [-0.25, -0.2) is 0 Å². The van der Waals surface area contributed by atoms with Crippen molar-refractivity contribution >= 4 is 0 Å². The number of phenols is 1. The lowest BCUT2D eigenvalue weighted by Crippen LogP contribution is -2.23. The lowest BCUT2D eigenvalue weighted by molar-refractivity contribution is 0.454. The Balaban J connectivity index is 3.91. The Morgan fingerprint density at radius 1 is 0.789 bits per heavy atom. The van der Waals surface area contributed by atoms with Crippen molar-refractivity contribution in [1.82, 2.24) is 0 Å². The second-order valence-electron chi connectivity index (χ2n) is 7.55. The Labute approximate surface area is 119 Å². The van der Waals surface area contributed by atoms with Crippen molar-refractivity contribution in [2.24, 2.45) is 0 Å². The fourth-order valence-electron chi connectivity index (χ4n) is 3.27. The summed E-state index contributed by atoms with van der Waals surface area (Å²) in [7, 11) is 0. The molecular weight excluding hydrogens is 232 g/mol. The number of phenolic OH excluding ortho intramolecular Hbond substituents is 1. The summed E-state index contributed by atoms with van der Waals surface area (Å²) in [4.78, 5) is 0. The van der Waals surface area contributed by atoms with E-state index in [9.17, 15) is 5.11 Å². The molecule has 0 fully saturated rings. The number of rotatable bonds is 1. The molecule has 0 unspecified atom stereocenters. The topological polar surface area (TPSA) is 20.2 Å². The largest absolute Gasteiger partial charge is 0.507 e. The fraction of sp³-hybridized carbons (Fsp3) is 0.611. The molecule has 0 aliphatic carbocycles. The van der Waals surface area contributed by atoms with E-state index in [2.05, 4.69) is 54.9 Å². The van der Waals surface area contributed by atoms with Gasteiger partial charge in [-0.3, -0.25) is 0 Å². The van der Waals surface area contributed by atoms with Crippen molar-refractivity contribution in [2.75, 3.05) is 0 Å². The van der Waals surface area contributed by atoms with Gasteiger partial charge in [0.2, 0.25) is 0 Å². The van der Waals surface area contributed by atoms with E-state index in [1.54, 1.807) is 0 Å². The van der Waals surface area contributed by atoms with Gasteiger partial charge in [-0.15, -0.1) is 0 Å². The molecule has 1 heteroatoms. The van der Waals surface area contributed by atoms with Gasteiger partial charge in [-0.05, 0) is 58.9 Å². The third kappa shape index (κ3) is 2.80. The molecule has 1 N–H and O–H groups in total. The van der Waals surface area contributed by atoms with Gasteiger partial charge in [-0.2, -0.15) is 0 Å². The van der Waals surface area contributed by atoms with E-state index in [0.29, 0.717) is 5.75 Å². The van der Waals surface area contributed by atoms with E-state index in [0.717, 1.165) is 11.1 Å². The van der Waals surface area contributed by atoms with E-state index in [4.69, 9.17) is 0 Å². The van der Waals surface area contributed by atoms with Gasteiger partial charge in [0.25, 0.3) is 0 Å². The molecule has 0 aromatic heterocycles. The van der Waals surface area contributed by atoms with Gasteiger partial charge >= 0.3 is 0 Å². The summed E-state index contributed by atoms with van der Waals surface area (Å²) in [5.41, 5.74) is 5.92. The van der Waals surface area contributed by atoms with Gasteiger partial charge in [0, 0.05) is 0 Å². The van der Waals surface area contributed by atoms with Crippen LogP contribution in [0.15, 0.2) is 0 Å². The maximum absolute atomic E-state index is 10.5. The van der Waals surface area contributed by atoms with Crippen molar-refractivity contribution in [3.63, 3.8) is 0 Å². The van der Waals surface area contributed by atoms with Crippen LogP contribution in [0.4, 0.5) is 0 Å². The first-order valence-electron chi connectivity index (χ1n) is 7.09. The van der Waals surface area contributed by atoms with Crippen molar-refractivity contribution in [2.45, 2.75) is 73.1 Å². The highest BCUT2D eigenvalue weighted by Gasteiger charge is 2.30. The first kappa shape index (κ1) is 16.1. The predicted octanol–water partition coefficient (Wildman–Crippen LogP) is 5.18. The van der Waals surface area contributed by atoms with E-state index < -0.39 is 0 Å². The van der Waals surface area contributed by atoms with Gasteiger partial charge in [0.05, 0.1) is 0 Å². The molecule has 1 radical (unpaired) electrons. The number of hydrogen-bond donors (Lipinski definition) is 1. The monoisotopic (exact) mass is 261 g/mol. The molecule has 19 heavy (non-hydrogen) atoms. The first-order valence-corrected chi connectivity index (χ1v) is 7.09. The maximum atomic E-state index is 10.5. The van der Waals surface area contributed by atoms with Crippen LogP contribution in [0.3, 0.4) is 0 Å². The van der Waals surface area contributed by atoms with Gasteiger partial charge in [0.15, 0.2) is 0 Å². The van der Waals surface area contributed by atoms with Crippen LogP contribution in [-0.4, -0.2) is 5.11 Å². The van der Waals surface area contributed by atoms with Crippen LogP contribution in [0, 0.1) is 20.3 Å². The molecule has 0 atom stereocenters. The molecule has 1 aromatic carbocycles. The normalized spacial score (nSPS) is 12.9. The molecule has 0 aliphatic rings. The third-order valence-electron chi connectivity index (χ3n) is 3.79. The van der Waals surface area contributed by atoms with E-state index in [1.807, 2.05) is 13.8 Å². The van der Waals surface area contributed by atoms with Crippen LogP contribution in [0.2, 0.25) is 0 Å². The van der Waals surface area contributed by atoms with Crippen LogP contribution in [0.25, 0.3) is 0 Å². The third-order valence-corrected chi connectivity index (χ3v) is 3.79. The van der Waals surface area contributed by atoms with Crippen molar-refractivity contribution in [3.05, 3.63) is 34.2 Å². The summed E-state index contributed by atoms with van der Waals surface area (Å²) in [5, 5.41) is 10.5. The van der Waals surface area contributed by atoms with Crippen LogP contribution in [0.5, 0.6) is 5.75 Å². The summed E-state index contributed by atoms with van der Waals surface area (Å²) in [5.74, 6) is 0.459. The van der Waals surface area contributed by atoms with Crippen molar-refractivity contribution in [1.29, 1.82) is 0 Å². The zero-order chi connectivity index (χ0) is 15.2. The molecule has 1 aromatic rings. The Morgan fingerprint density at radius 3 is 1.32 bits per heavy atom. The standard InChI is InChI=1S/C18H29O/c1-10-13-14(17(4,5)6)11(2)16(19)12(3)15(13)18(7,8)9/h10,19H,1-9H3. The second-order valence-corrected chi connectivity index (χ2v) is 7.55. The molecule has 1 rings (SSSR count). The predicted molar refractivity (Wildman–Crippen MR) is 84.1 cm³/mol. The van der Waals surface area contributed by atoms with Crippen LogP contribution >= 0.6 is 0 Å². The van der Waals surface area contributed by atoms with Crippen LogP contribution < -0.4 is 0 Å². The highest BCUT2D eigenvalue weighted by Crippen LogP contribution is 2.43. The summed E-state index contributed by atoms with van der Waals surface area (Å²) >= 11 is 0. The minimum absolute atomic E-state index is 0.0249. The summed E-state index contributed by atoms with van der Waals surface area (Å²) in [6.45, 7) is 19.4. The van der Waals surface area contributed by atoms with Gasteiger partial charge in [-0.1, -0.05) is 48.5 Å². The zero-order valence-electron chi connectivity index (χ0n) is 14.0. The molecule has 1 nitrogen and oxygen atoms in total. The van der Waals surface area contributed by atoms with E-state index in [-0.39, 0.29) is 10.8 Å². The molecule has 0 amide bonds. The highest BCUT2D eigenvalue weighted by atomic mass is 16.3. The lowest BCUT2D eigenvalue weighted by atomic mass is 9.71. The average molecular weight is 261 g/mol. The Bertz CT molecular complexity index is 441. The number of benzene rings is 1. The first-order chi connectivity index (χ1) is 8.42. The SMILES string of the molecule is C[CH]c1c(C(C)(C)C)c(C)c(O)c(C)c1C(C)(C)C. The maximum Gasteiger partial charge on any atom is 0.121 e. The minimum atomic E-state index is 0.0249. The Morgan fingerprint density at radius 2 is 1.11 bits per heavy atom. The molecule has 0 saturated heterocycles. The van der Waals surface area contributed by atoms with E-state index in [1.165, 1.54) is 16.7 Å². The van der Waals surface area contributed by atoms with Gasteiger partial charge in [0.1, 0.15) is 5.75 Å². The molecule has 0 aliphatic heterocycles. The fourth-order valence-corrected chi connectivity index (χ4v) is 3.27. The number of hydrogen-bond acceptors (Lipinski definition) is 1. The van der Waals surface area contributed by atoms with E-state index >= 15 is 0 Å². The average Bonchev–Trinajstić information content (AvgIpc) is 2.21. The molecule has 0 saturated carbocycles. The molecule has 0 spiro atoms. The minimum Gasteiger partial charge on any atom is -0.507 e. The second kappa shape index (κ2) is 4.85. The summed E-state index contributed by atoms with van der Waals surface area (Å²) < 4.78 is 0. The summed E-state index contributed by atoms with van der Waals surface area (Å²) in [6, 6.07) is 0. The Hall–Kier alpha value is -0.980. The van der Waals surface area contributed by atoms with Crippen molar-refractivity contribution < 1.29 is 5.11 Å².